The second kappa shape index (κ2) is 7.80. The molecule has 27 heavy (non-hydrogen) atoms. The fourth-order valence-electron chi connectivity index (χ4n) is 3.43. The maximum atomic E-state index is 12.5. The Morgan fingerprint density at radius 2 is 1.78 bits per heavy atom. The minimum Gasteiger partial charge on any atom is -0.304 e. The van der Waals surface area contributed by atoms with Crippen molar-refractivity contribution in [2.75, 3.05) is 0 Å². The highest BCUT2D eigenvalue weighted by Crippen LogP contribution is 2.20. The van der Waals surface area contributed by atoms with Crippen molar-refractivity contribution in [3.05, 3.63) is 83.3 Å². The van der Waals surface area contributed by atoms with Crippen LogP contribution in [-0.4, -0.2) is 21.8 Å². The molecule has 4 rings (SSSR count). The molecular weight excluding hydrogens is 334 g/mol. The number of nitrogens with one attached hydrogen (secondary N) is 1. The third kappa shape index (κ3) is 4.29. The highest BCUT2D eigenvalue weighted by Gasteiger charge is 2.13. The quantitative estimate of drug-likeness (QED) is 0.666. The lowest BCUT2D eigenvalue weighted by Crippen LogP contribution is -2.33. The Kier molecular flexibility index (Phi) is 5.07. The number of ketones is 1. The largest absolute Gasteiger partial charge is 0.304 e. The fourth-order valence-corrected chi connectivity index (χ4v) is 3.43. The zero-order chi connectivity index (χ0) is 18.6. The highest BCUT2D eigenvalue weighted by atomic mass is 16.1. The lowest BCUT2D eigenvalue weighted by Gasteiger charge is -2.14. The number of Topliss-reactive ketones (excluding diaryl/α,β-unsaturated/α-hetero) is 1. The van der Waals surface area contributed by atoms with Gasteiger partial charge in [0.2, 0.25) is 0 Å². The van der Waals surface area contributed by atoms with Crippen LogP contribution in [0.5, 0.6) is 0 Å². The molecule has 1 N–H and O–H groups in total. The summed E-state index contributed by atoms with van der Waals surface area (Å²) in [5.74, 6) is 1.06. The van der Waals surface area contributed by atoms with Crippen molar-refractivity contribution in [1.29, 1.82) is 0 Å². The van der Waals surface area contributed by atoms with E-state index in [9.17, 15) is 4.79 Å². The van der Waals surface area contributed by atoms with Crippen LogP contribution in [0.2, 0.25) is 0 Å². The fraction of sp³-hybridized carbons (Fsp3) is 0.261. The van der Waals surface area contributed by atoms with Crippen molar-refractivity contribution < 1.29 is 4.79 Å². The summed E-state index contributed by atoms with van der Waals surface area (Å²) in [6, 6.07) is 18.5. The summed E-state index contributed by atoms with van der Waals surface area (Å²) < 4.78 is 0. The Morgan fingerprint density at radius 3 is 2.70 bits per heavy atom. The Morgan fingerprint density at radius 1 is 0.963 bits per heavy atom. The molecule has 4 heteroatoms. The summed E-state index contributed by atoms with van der Waals surface area (Å²) >= 11 is 0. The van der Waals surface area contributed by atoms with E-state index >= 15 is 0 Å². The number of carbonyl (C=O) groups is 1. The SMILES string of the molecule is C[C@@H]1NCc2cccc(c2)Cc2nccc(n2)-c2cccc(c2)CCC1=O. The number of aromatic nitrogens is 2. The van der Waals surface area contributed by atoms with Crippen LogP contribution in [0, 0.1) is 0 Å². The monoisotopic (exact) mass is 357 g/mol. The van der Waals surface area contributed by atoms with Gasteiger partial charge in [0, 0.05) is 31.1 Å². The van der Waals surface area contributed by atoms with Gasteiger partial charge in [-0.3, -0.25) is 4.79 Å². The summed E-state index contributed by atoms with van der Waals surface area (Å²) in [6.07, 6.45) is 3.79. The van der Waals surface area contributed by atoms with Crippen LogP contribution >= 0.6 is 0 Å². The standard InChI is InChI=1S/C23H23N3O/c1-16-22(27)9-8-17-4-3-7-20(13-17)21-10-11-24-23(26-21)14-18-5-2-6-19(12-18)15-25-16/h2-7,10-13,16,25H,8-9,14-15H2,1H3/t16-/m0/s1. The van der Waals surface area contributed by atoms with Gasteiger partial charge in [-0.25, -0.2) is 9.97 Å². The van der Waals surface area contributed by atoms with Crippen molar-refractivity contribution in [3.8, 4) is 11.3 Å². The summed E-state index contributed by atoms with van der Waals surface area (Å²) in [7, 11) is 0. The molecule has 0 saturated carbocycles. The Hall–Kier alpha value is -2.85. The zero-order valence-corrected chi connectivity index (χ0v) is 15.5. The Labute approximate surface area is 159 Å². The van der Waals surface area contributed by atoms with Gasteiger partial charge in [0.05, 0.1) is 11.7 Å². The predicted octanol–water partition coefficient (Wildman–Crippen LogP) is 3.73. The van der Waals surface area contributed by atoms with Crippen molar-refractivity contribution in [3.63, 3.8) is 0 Å². The van der Waals surface area contributed by atoms with E-state index in [0.717, 1.165) is 29.1 Å². The van der Waals surface area contributed by atoms with E-state index in [1.165, 1.54) is 11.1 Å². The van der Waals surface area contributed by atoms with Crippen molar-refractivity contribution in [2.45, 2.75) is 38.8 Å². The molecule has 3 aromatic rings. The Bertz CT molecular complexity index is 967. The molecule has 2 heterocycles. The first-order chi connectivity index (χ1) is 13.2. The maximum Gasteiger partial charge on any atom is 0.149 e. The average molecular weight is 357 g/mol. The molecule has 2 aromatic carbocycles. The van der Waals surface area contributed by atoms with Crippen LogP contribution in [-0.2, 0) is 24.2 Å². The van der Waals surface area contributed by atoms with Gasteiger partial charge in [0.1, 0.15) is 11.6 Å². The number of carbonyl (C=O) groups excluding carboxylic acids is 1. The lowest BCUT2D eigenvalue weighted by molar-refractivity contribution is -0.120. The highest BCUT2D eigenvalue weighted by molar-refractivity contribution is 5.83. The van der Waals surface area contributed by atoms with Crippen LogP contribution in [0.25, 0.3) is 11.3 Å². The normalized spacial score (nSPS) is 17.5. The molecule has 1 aromatic heterocycles. The molecule has 1 aliphatic rings. The molecule has 1 atom stereocenters. The van der Waals surface area contributed by atoms with E-state index in [4.69, 9.17) is 4.98 Å². The van der Waals surface area contributed by atoms with E-state index < -0.39 is 0 Å². The second-order valence-corrected chi connectivity index (χ2v) is 7.12. The first kappa shape index (κ1) is 17.6. The van der Waals surface area contributed by atoms with Crippen molar-refractivity contribution in [2.24, 2.45) is 0 Å². The molecule has 0 radical (unpaired) electrons. The van der Waals surface area contributed by atoms with Crippen LogP contribution < -0.4 is 5.32 Å². The first-order valence-electron chi connectivity index (χ1n) is 9.42. The molecular formula is C23H23N3O. The van der Waals surface area contributed by atoms with Crippen LogP contribution in [0.3, 0.4) is 0 Å². The molecule has 0 aliphatic carbocycles. The average Bonchev–Trinajstić information content (AvgIpc) is 2.70. The molecule has 4 nitrogen and oxygen atoms in total. The number of fused-ring (bicyclic) bond motifs is 7. The number of benzene rings is 2. The van der Waals surface area contributed by atoms with E-state index in [1.54, 1.807) is 0 Å². The lowest BCUT2D eigenvalue weighted by atomic mass is 10.0. The topological polar surface area (TPSA) is 54.9 Å². The van der Waals surface area contributed by atoms with Gasteiger partial charge in [-0.15, -0.1) is 0 Å². The Balaban J connectivity index is 1.73. The minimum absolute atomic E-state index is 0.152. The number of hydrogen-bond acceptors (Lipinski definition) is 4. The number of hydrogen-bond donors (Lipinski definition) is 1. The summed E-state index contributed by atoms with van der Waals surface area (Å²) in [5, 5.41) is 3.35. The molecule has 1 aliphatic heterocycles. The van der Waals surface area contributed by atoms with Crippen molar-refractivity contribution in [1.82, 2.24) is 15.3 Å². The summed E-state index contributed by atoms with van der Waals surface area (Å²) in [4.78, 5) is 21.7. The molecule has 0 spiro atoms. The summed E-state index contributed by atoms with van der Waals surface area (Å²) in [5.41, 5.74) is 5.49. The number of rotatable bonds is 0. The molecule has 0 unspecified atom stereocenters. The molecule has 0 fully saturated rings. The molecule has 6 bridgehead atoms. The first-order valence-corrected chi connectivity index (χ1v) is 9.42. The van der Waals surface area contributed by atoms with Crippen LogP contribution in [0.4, 0.5) is 0 Å². The third-order valence-electron chi connectivity index (χ3n) is 5.04. The number of aryl methyl sites for hydroxylation is 1. The second-order valence-electron chi connectivity index (χ2n) is 7.12. The smallest absolute Gasteiger partial charge is 0.149 e. The van der Waals surface area contributed by atoms with Gasteiger partial charge in [-0.1, -0.05) is 42.5 Å². The van der Waals surface area contributed by atoms with E-state index in [-0.39, 0.29) is 11.8 Å². The van der Waals surface area contributed by atoms with Gasteiger partial charge in [-0.2, -0.15) is 0 Å². The van der Waals surface area contributed by atoms with E-state index in [1.807, 2.05) is 25.3 Å². The molecule has 0 amide bonds. The maximum absolute atomic E-state index is 12.5. The summed E-state index contributed by atoms with van der Waals surface area (Å²) in [6.45, 7) is 2.63. The van der Waals surface area contributed by atoms with Crippen LogP contribution in [0.15, 0.2) is 60.8 Å². The van der Waals surface area contributed by atoms with Crippen molar-refractivity contribution >= 4 is 5.78 Å². The number of nitrogens with zero attached hydrogens (tertiary/aromatic N) is 2. The van der Waals surface area contributed by atoms with Gasteiger partial charge in [0.25, 0.3) is 0 Å². The van der Waals surface area contributed by atoms with Gasteiger partial charge in [0.15, 0.2) is 0 Å². The van der Waals surface area contributed by atoms with E-state index in [0.29, 0.717) is 19.4 Å². The van der Waals surface area contributed by atoms with Gasteiger partial charge < -0.3 is 5.32 Å². The zero-order valence-electron chi connectivity index (χ0n) is 15.5. The van der Waals surface area contributed by atoms with E-state index in [2.05, 4.69) is 52.8 Å². The van der Waals surface area contributed by atoms with Gasteiger partial charge >= 0.3 is 0 Å². The molecule has 0 saturated heterocycles. The van der Waals surface area contributed by atoms with Gasteiger partial charge in [-0.05, 0) is 42.2 Å². The van der Waals surface area contributed by atoms with Crippen LogP contribution in [0.1, 0.15) is 35.9 Å². The minimum atomic E-state index is -0.152. The molecule has 136 valence electrons. The predicted molar refractivity (Wildman–Crippen MR) is 106 cm³/mol. The third-order valence-corrected chi connectivity index (χ3v) is 5.04.